The number of hydrogen-bond acceptors (Lipinski definition) is 4. The number of rotatable bonds is 4. The summed E-state index contributed by atoms with van der Waals surface area (Å²) in [6, 6.07) is 10.8. The molecule has 1 saturated heterocycles. The van der Waals surface area contributed by atoms with Crippen molar-refractivity contribution in [2.75, 3.05) is 13.1 Å². The minimum atomic E-state index is -0.439. The molecule has 0 unspecified atom stereocenters. The second kappa shape index (κ2) is 7.32. The minimum absolute atomic E-state index is 0.105. The molecular weight excluding hydrogens is 372 g/mol. The SMILES string of the molecule is CC[C@H]1CN(C(=O)c2ccc(Oc3cccc(Br)c3)nc2)C[C@H]1O. The Morgan fingerprint density at radius 3 is 2.83 bits per heavy atom. The van der Waals surface area contributed by atoms with E-state index in [2.05, 4.69) is 20.9 Å². The first-order chi connectivity index (χ1) is 11.6. The van der Waals surface area contributed by atoms with E-state index < -0.39 is 6.10 Å². The summed E-state index contributed by atoms with van der Waals surface area (Å²) in [5.41, 5.74) is 0.501. The Balaban J connectivity index is 1.67. The number of carbonyl (C=O) groups is 1. The second-order valence-corrected chi connectivity index (χ2v) is 6.81. The Kier molecular flexibility index (Phi) is 5.16. The van der Waals surface area contributed by atoms with Crippen LogP contribution in [0.3, 0.4) is 0 Å². The average Bonchev–Trinajstić information content (AvgIpc) is 2.96. The van der Waals surface area contributed by atoms with E-state index in [0.29, 0.717) is 30.3 Å². The van der Waals surface area contributed by atoms with Gasteiger partial charge in [0.2, 0.25) is 5.88 Å². The van der Waals surface area contributed by atoms with E-state index in [-0.39, 0.29) is 11.8 Å². The molecule has 0 spiro atoms. The van der Waals surface area contributed by atoms with Gasteiger partial charge in [-0.1, -0.05) is 28.9 Å². The number of aliphatic hydroxyl groups excluding tert-OH is 1. The lowest BCUT2D eigenvalue weighted by Gasteiger charge is -2.15. The van der Waals surface area contributed by atoms with Crippen LogP contribution < -0.4 is 4.74 Å². The fourth-order valence-electron chi connectivity index (χ4n) is 2.82. The maximum atomic E-state index is 12.5. The number of ether oxygens (including phenoxy) is 1. The van der Waals surface area contributed by atoms with Gasteiger partial charge >= 0.3 is 0 Å². The Bertz CT molecular complexity index is 720. The van der Waals surface area contributed by atoms with Gasteiger partial charge < -0.3 is 14.7 Å². The van der Waals surface area contributed by atoms with Crippen LogP contribution in [0.15, 0.2) is 47.1 Å². The average molecular weight is 391 g/mol. The molecule has 2 atom stereocenters. The van der Waals surface area contributed by atoms with Crippen molar-refractivity contribution in [2.24, 2.45) is 5.92 Å². The van der Waals surface area contributed by atoms with Crippen molar-refractivity contribution < 1.29 is 14.6 Å². The van der Waals surface area contributed by atoms with Crippen molar-refractivity contribution in [3.8, 4) is 11.6 Å². The summed E-state index contributed by atoms with van der Waals surface area (Å²) >= 11 is 3.39. The normalized spacial score (nSPS) is 20.2. The summed E-state index contributed by atoms with van der Waals surface area (Å²) < 4.78 is 6.59. The predicted molar refractivity (Wildman–Crippen MR) is 94.1 cm³/mol. The zero-order valence-electron chi connectivity index (χ0n) is 13.4. The highest BCUT2D eigenvalue weighted by atomic mass is 79.9. The number of likely N-dealkylation sites (tertiary alicyclic amines) is 1. The highest BCUT2D eigenvalue weighted by Gasteiger charge is 2.33. The van der Waals surface area contributed by atoms with Gasteiger partial charge in [0.15, 0.2) is 0 Å². The van der Waals surface area contributed by atoms with Gasteiger partial charge in [0.1, 0.15) is 5.75 Å². The monoisotopic (exact) mass is 390 g/mol. The van der Waals surface area contributed by atoms with Crippen molar-refractivity contribution in [3.63, 3.8) is 0 Å². The smallest absolute Gasteiger partial charge is 0.255 e. The Morgan fingerprint density at radius 2 is 2.21 bits per heavy atom. The maximum Gasteiger partial charge on any atom is 0.255 e. The van der Waals surface area contributed by atoms with Gasteiger partial charge in [-0.15, -0.1) is 0 Å². The molecule has 1 aliphatic heterocycles. The van der Waals surface area contributed by atoms with E-state index in [0.717, 1.165) is 10.9 Å². The number of aliphatic hydroxyl groups is 1. The second-order valence-electron chi connectivity index (χ2n) is 5.89. The first-order valence-electron chi connectivity index (χ1n) is 7.93. The number of halogens is 1. The molecule has 0 aliphatic carbocycles. The van der Waals surface area contributed by atoms with Gasteiger partial charge in [-0.2, -0.15) is 0 Å². The summed E-state index contributed by atoms with van der Waals surface area (Å²) in [6.07, 6.45) is 1.94. The molecule has 1 aliphatic rings. The lowest BCUT2D eigenvalue weighted by molar-refractivity contribution is 0.0764. The molecule has 1 fully saturated rings. The molecule has 24 heavy (non-hydrogen) atoms. The summed E-state index contributed by atoms with van der Waals surface area (Å²) in [7, 11) is 0. The van der Waals surface area contributed by atoms with Crippen molar-refractivity contribution in [1.29, 1.82) is 0 Å². The van der Waals surface area contributed by atoms with Crippen LogP contribution in [0.4, 0.5) is 0 Å². The van der Waals surface area contributed by atoms with Crippen molar-refractivity contribution in [3.05, 3.63) is 52.6 Å². The lowest BCUT2D eigenvalue weighted by Crippen LogP contribution is -2.29. The highest BCUT2D eigenvalue weighted by Crippen LogP contribution is 2.24. The number of pyridine rings is 1. The van der Waals surface area contributed by atoms with Gasteiger partial charge in [0.25, 0.3) is 5.91 Å². The maximum absolute atomic E-state index is 12.5. The summed E-state index contributed by atoms with van der Waals surface area (Å²) in [6.45, 7) is 3.00. The molecule has 5 nitrogen and oxygen atoms in total. The first kappa shape index (κ1) is 16.9. The van der Waals surface area contributed by atoms with Crippen LogP contribution in [0.25, 0.3) is 0 Å². The molecule has 2 aromatic rings. The molecule has 1 aromatic carbocycles. The van der Waals surface area contributed by atoms with Crippen LogP contribution in [-0.2, 0) is 0 Å². The van der Waals surface area contributed by atoms with Crippen LogP contribution in [0.1, 0.15) is 23.7 Å². The van der Waals surface area contributed by atoms with Crippen LogP contribution in [0, 0.1) is 5.92 Å². The molecular formula is C18H19BrN2O3. The van der Waals surface area contributed by atoms with E-state index in [1.54, 1.807) is 17.0 Å². The molecule has 6 heteroatoms. The number of β-amino-alcohol motifs (C(OH)–C–C–N with tert-alkyl or cyclic N) is 1. The number of aromatic nitrogens is 1. The first-order valence-corrected chi connectivity index (χ1v) is 8.73. The minimum Gasteiger partial charge on any atom is -0.439 e. The summed E-state index contributed by atoms with van der Waals surface area (Å²) in [5, 5.41) is 9.95. The zero-order chi connectivity index (χ0) is 17.1. The standard InChI is InChI=1S/C18H19BrN2O3/c1-2-12-10-21(11-16(12)22)18(23)13-6-7-17(20-9-13)24-15-5-3-4-14(19)8-15/h3-9,12,16,22H,2,10-11H2,1H3/t12-,16+/m0/s1. The molecule has 1 aromatic heterocycles. The van der Waals surface area contributed by atoms with Gasteiger partial charge in [-0.05, 0) is 30.7 Å². The Morgan fingerprint density at radius 1 is 1.38 bits per heavy atom. The molecule has 126 valence electrons. The number of carbonyl (C=O) groups excluding carboxylic acids is 1. The molecule has 2 heterocycles. The van der Waals surface area contributed by atoms with Crippen LogP contribution in [-0.4, -0.2) is 40.1 Å². The largest absolute Gasteiger partial charge is 0.439 e. The molecule has 3 rings (SSSR count). The van der Waals surface area contributed by atoms with E-state index in [9.17, 15) is 9.90 Å². The topological polar surface area (TPSA) is 62.7 Å². The molecule has 0 saturated carbocycles. The Hall–Kier alpha value is -1.92. The summed E-state index contributed by atoms with van der Waals surface area (Å²) in [5.74, 6) is 1.15. The third-order valence-corrected chi connectivity index (χ3v) is 4.71. The van der Waals surface area contributed by atoms with Gasteiger partial charge in [0, 0.05) is 35.7 Å². The van der Waals surface area contributed by atoms with Crippen LogP contribution in [0.2, 0.25) is 0 Å². The fraction of sp³-hybridized carbons (Fsp3) is 0.333. The van der Waals surface area contributed by atoms with E-state index >= 15 is 0 Å². The van der Waals surface area contributed by atoms with E-state index in [1.165, 1.54) is 6.20 Å². The fourth-order valence-corrected chi connectivity index (χ4v) is 3.20. The van der Waals surface area contributed by atoms with Gasteiger partial charge in [-0.3, -0.25) is 4.79 Å². The van der Waals surface area contributed by atoms with Gasteiger partial charge in [-0.25, -0.2) is 4.98 Å². The zero-order valence-corrected chi connectivity index (χ0v) is 14.9. The van der Waals surface area contributed by atoms with Crippen molar-refractivity contribution in [1.82, 2.24) is 9.88 Å². The van der Waals surface area contributed by atoms with Crippen LogP contribution >= 0.6 is 15.9 Å². The lowest BCUT2D eigenvalue weighted by atomic mass is 10.0. The van der Waals surface area contributed by atoms with E-state index in [4.69, 9.17) is 4.74 Å². The van der Waals surface area contributed by atoms with Crippen LogP contribution in [0.5, 0.6) is 11.6 Å². The number of benzene rings is 1. The van der Waals surface area contributed by atoms with Crippen molar-refractivity contribution >= 4 is 21.8 Å². The predicted octanol–water partition coefficient (Wildman–Crippen LogP) is 3.48. The third kappa shape index (κ3) is 3.76. The molecule has 1 N–H and O–H groups in total. The highest BCUT2D eigenvalue weighted by molar-refractivity contribution is 9.10. The quantitative estimate of drug-likeness (QED) is 0.867. The third-order valence-electron chi connectivity index (χ3n) is 4.22. The number of hydrogen-bond donors (Lipinski definition) is 1. The van der Waals surface area contributed by atoms with Gasteiger partial charge in [0.05, 0.1) is 11.7 Å². The number of nitrogens with zero attached hydrogens (tertiary/aromatic N) is 2. The van der Waals surface area contributed by atoms with E-state index in [1.807, 2.05) is 31.2 Å². The van der Waals surface area contributed by atoms with Crippen molar-refractivity contribution in [2.45, 2.75) is 19.4 Å². The molecule has 0 bridgehead atoms. The number of amides is 1. The summed E-state index contributed by atoms with van der Waals surface area (Å²) in [4.78, 5) is 18.4. The molecule has 0 radical (unpaired) electrons. The Labute approximate surface area is 149 Å². The molecule has 1 amide bonds.